The summed E-state index contributed by atoms with van der Waals surface area (Å²) < 4.78 is 0. The number of amides is 2. The summed E-state index contributed by atoms with van der Waals surface area (Å²) in [6.07, 6.45) is 0. The van der Waals surface area contributed by atoms with Crippen LogP contribution in [0.25, 0.3) is 11.1 Å². The Morgan fingerprint density at radius 2 is 1.18 bits per heavy atom. The summed E-state index contributed by atoms with van der Waals surface area (Å²) in [6.45, 7) is 1.79. The average molecular weight is 437 g/mol. The maximum atomic E-state index is 12.8. The second-order valence-corrected chi connectivity index (χ2v) is 8.30. The number of urea groups is 1. The zero-order valence-corrected chi connectivity index (χ0v) is 18.6. The largest absolute Gasteiger partial charge is 0.384 e. The molecule has 4 rings (SSSR count). The van der Waals surface area contributed by atoms with Gasteiger partial charge >= 0.3 is 6.03 Å². The van der Waals surface area contributed by atoms with Crippen molar-refractivity contribution in [1.82, 2.24) is 10.6 Å². The van der Waals surface area contributed by atoms with Gasteiger partial charge in [0.2, 0.25) is 0 Å². The molecule has 1 unspecified atom stereocenters. The zero-order valence-electron chi connectivity index (χ0n) is 18.6. The fraction of sp³-hybridized carbons (Fsp3) is 0.138. The van der Waals surface area contributed by atoms with E-state index in [4.69, 9.17) is 0 Å². The number of hydrogen-bond donors (Lipinski definition) is 3. The van der Waals surface area contributed by atoms with Crippen molar-refractivity contribution in [1.29, 1.82) is 0 Å². The number of aliphatic hydroxyl groups is 1. The van der Waals surface area contributed by atoms with Crippen molar-refractivity contribution in [3.05, 3.63) is 132 Å². The smallest absolute Gasteiger partial charge is 0.315 e. The van der Waals surface area contributed by atoms with Crippen LogP contribution in [0.2, 0.25) is 0 Å². The highest BCUT2D eigenvalue weighted by molar-refractivity contribution is 5.75. The summed E-state index contributed by atoms with van der Waals surface area (Å²) in [7, 11) is 0. The van der Waals surface area contributed by atoms with E-state index in [1.165, 1.54) is 0 Å². The first-order valence-corrected chi connectivity index (χ1v) is 11.1. The molecule has 166 valence electrons. The molecule has 0 saturated heterocycles. The Kier molecular flexibility index (Phi) is 6.86. The van der Waals surface area contributed by atoms with Crippen LogP contribution in [0.15, 0.2) is 115 Å². The summed E-state index contributed by atoms with van der Waals surface area (Å²) in [5, 5.41) is 16.9. The number of hydrogen-bond acceptors (Lipinski definition) is 2. The Morgan fingerprint density at radius 3 is 1.70 bits per heavy atom. The molecule has 4 heteroatoms. The van der Waals surface area contributed by atoms with Gasteiger partial charge in [0.1, 0.15) is 5.60 Å². The fourth-order valence-electron chi connectivity index (χ4n) is 3.84. The fourth-order valence-corrected chi connectivity index (χ4v) is 3.84. The highest BCUT2D eigenvalue weighted by atomic mass is 16.3. The Hall–Kier alpha value is -3.89. The van der Waals surface area contributed by atoms with E-state index in [0.717, 1.165) is 27.8 Å². The first kappa shape index (κ1) is 22.3. The Balaban J connectivity index is 1.42. The lowest BCUT2D eigenvalue weighted by atomic mass is 9.93. The van der Waals surface area contributed by atoms with Crippen LogP contribution < -0.4 is 10.6 Å². The predicted molar refractivity (Wildman–Crippen MR) is 133 cm³/mol. The zero-order chi connectivity index (χ0) is 23.1. The Bertz CT molecular complexity index is 1120. The third-order valence-corrected chi connectivity index (χ3v) is 5.75. The molecule has 33 heavy (non-hydrogen) atoms. The van der Waals surface area contributed by atoms with Gasteiger partial charge in [-0.05, 0) is 34.7 Å². The van der Waals surface area contributed by atoms with E-state index in [1.54, 1.807) is 6.92 Å². The molecule has 0 saturated carbocycles. The van der Waals surface area contributed by atoms with Crippen molar-refractivity contribution < 1.29 is 9.90 Å². The first-order valence-electron chi connectivity index (χ1n) is 11.1. The molecule has 0 aromatic heterocycles. The van der Waals surface area contributed by atoms with Crippen molar-refractivity contribution in [2.75, 3.05) is 6.54 Å². The number of rotatable bonds is 7. The molecule has 2 amide bonds. The van der Waals surface area contributed by atoms with Crippen LogP contribution in [0.3, 0.4) is 0 Å². The van der Waals surface area contributed by atoms with Crippen molar-refractivity contribution in [3.63, 3.8) is 0 Å². The Labute approximate surface area is 194 Å². The van der Waals surface area contributed by atoms with Crippen LogP contribution in [0.4, 0.5) is 4.79 Å². The molecule has 0 aliphatic rings. The molecule has 0 heterocycles. The highest BCUT2D eigenvalue weighted by Gasteiger charge is 2.25. The number of carbonyl (C=O) groups excluding carboxylic acids is 1. The van der Waals surface area contributed by atoms with Gasteiger partial charge in [0.25, 0.3) is 0 Å². The summed E-state index contributed by atoms with van der Waals surface area (Å²) in [6, 6.07) is 36.9. The lowest BCUT2D eigenvalue weighted by Crippen LogP contribution is -2.44. The van der Waals surface area contributed by atoms with E-state index in [0.29, 0.717) is 0 Å². The van der Waals surface area contributed by atoms with E-state index < -0.39 is 5.60 Å². The van der Waals surface area contributed by atoms with Crippen LogP contribution in [-0.2, 0) is 5.60 Å². The molecule has 1 atom stereocenters. The normalized spacial score (nSPS) is 12.7. The second-order valence-electron chi connectivity index (χ2n) is 8.30. The minimum absolute atomic E-state index is 0.0832. The van der Waals surface area contributed by atoms with E-state index in [-0.39, 0.29) is 18.6 Å². The molecule has 0 fully saturated rings. The second kappa shape index (κ2) is 10.2. The van der Waals surface area contributed by atoms with Gasteiger partial charge in [0, 0.05) is 0 Å². The monoisotopic (exact) mass is 436 g/mol. The van der Waals surface area contributed by atoms with Crippen molar-refractivity contribution in [2.45, 2.75) is 18.6 Å². The quantitative estimate of drug-likeness (QED) is 0.351. The van der Waals surface area contributed by atoms with Gasteiger partial charge in [-0.25, -0.2) is 4.79 Å². The van der Waals surface area contributed by atoms with E-state index in [2.05, 4.69) is 22.8 Å². The average Bonchev–Trinajstić information content (AvgIpc) is 2.88. The molecule has 0 aliphatic carbocycles. The maximum absolute atomic E-state index is 12.8. The minimum atomic E-state index is -1.21. The topological polar surface area (TPSA) is 61.4 Å². The molecule has 4 nitrogen and oxygen atoms in total. The molecule has 4 aromatic rings. The minimum Gasteiger partial charge on any atom is -0.384 e. The van der Waals surface area contributed by atoms with E-state index in [1.807, 2.05) is 103 Å². The maximum Gasteiger partial charge on any atom is 0.315 e. The van der Waals surface area contributed by atoms with Gasteiger partial charge < -0.3 is 15.7 Å². The van der Waals surface area contributed by atoms with Crippen LogP contribution in [0, 0.1) is 0 Å². The molecule has 3 N–H and O–H groups in total. The molecular weight excluding hydrogens is 408 g/mol. The first-order chi connectivity index (χ1) is 16.0. The third-order valence-electron chi connectivity index (χ3n) is 5.75. The van der Waals surface area contributed by atoms with Gasteiger partial charge in [-0.2, -0.15) is 0 Å². The highest BCUT2D eigenvalue weighted by Crippen LogP contribution is 2.25. The SMILES string of the molecule is CC(O)(CNC(=O)NC(c1ccccc1)c1ccccc1)c1ccc(-c2ccccc2)cc1. The van der Waals surface area contributed by atoms with Crippen molar-refractivity contribution >= 4 is 6.03 Å². The number of carbonyl (C=O) groups is 1. The summed E-state index contributed by atoms with van der Waals surface area (Å²) in [5.41, 5.74) is 3.71. The van der Waals surface area contributed by atoms with Gasteiger partial charge in [-0.1, -0.05) is 115 Å². The van der Waals surface area contributed by atoms with Crippen LogP contribution >= 0.6 is 0 Å². The molecule has 0 radical (unpaired) electrons. The van der Waals surface area contributed by atoms with Crippen LogP contribution in [0.5, 0.6) is 0 Å². The summed E-state index contributed by atoms with van der Waals surface area (Å²) >= 11 is 0. The van der Waals surface area contributed by atoms with Crippen molar-refractivity contribution in [3.8, 4) is 11.1 Å². The van der Waals surface area contributed by atoms with Crippen LogP contribution in [0.1, 0.15) is 29.7 Å². The van der Waals surface area contributed by atoms with E-state index in [9.17, 15) is 9.90 Å². The molecule has 0 spiro atoms. The lowest BCUT2D eigenvalue weighted by molar-refractivity contribution is 0.0593. The standard InChI is InChI=1S/C29H28N2O2/c1-29(33,26-19-17-23(18-20-26)22-11-5-2-6-12-22)21-30-28(32)31-27(24-13-7-3-8-14-24)25-15-9-4-10-16-25/h2-20,27,33H,21H2,1H3,(H2,30,31,32). The molecule has 0 bridgehead atoms. The van der Waals surface area contributed by atoms with E-state index >= 15 is 0 Å². The lowest BCUT2D eigenvalue weighted by Gasteiger charge is -2.26. The van der Waals surface area contributed by atoms with Gasteiger partial charge in [0.15, 0.2) is 0 Å². The number of nitrogens with one attached hydrogen (secondary N) is 2. The number of benzene rings is 4. The summed E-state index contributed by atoms with van der Waals surface area (Å²) in [5.74, 6) is 0. The predicted octanol–water partition coefficient (Wildman–Crippen LogP) is 5.65. The van der Waals surface area contributed by atoms with Crippen LogP contribution in [-0.4, -0.2) is 17.7 Å². The Morgan fingerprint density at radius 1 is 0.727 bits per heavy atom. The van der Waals surface area contributed by atoms with Gasteiger partial charge in [0.05, 0.1) is 12.6 Å². The third kappa shape index (κ3) is 5.68. The van der Waals surface area contributed by atoms with Gasteiger partial charge in [-0.3, -0.25) is 0 Å². The van der Waals surface area contributed by atoms with Gasteiger partial charge in [-0.15, -0.1) is 0 Å². The molecular formula is C29H28N2O2. The summed E-state index contributed by atoms with van der Waals surface area (Å²) in [4.78, 5) is 12.8. The molecule has 4 aromatic carbocycles. The molecule has 0 aliphatic heterocycles. The van der Waals surface area contributed by atoms with Crippen molar-refractivity contribution in [2.24, 2.45) is 0 Å².